The van der Waals surface area contributed by atoms with Gasteiger partial charge in [0.15, 0.2) is 0 Å². The van der Waals surface area contributed by atoms with Gasteiger partial charge >= 0.3 is 0 Å². The molecular weight excluding hydrogens is 180 g/mol. The van der Waals surface area contributed by atoms with Crippen molar-refractivity contribution in [3.05, 3.63) is 54.1 Å². The SMILES string of the molecule is C=Cc1cccc2cccc(C(C)C)c12. The van der Waals surface area contributed by atoms with Crippen molar-refractivity contribution in [2.45, 2.75) is 19.8 Å². The van der Waals surface area contributed by atoms with E-state index in [0.29, 0.717) is 5.92 Å². The van der Waals surface area contributed by atoms with Crippen LogP contribution >= 0.6 is 0 Å². The van der Waals surface area contributed by atoms with Crippen LogP contribution in [0.25, 0.3) is 16.8 Å². The molecule has 0 atom stereocenters. The Labute approximate surface area is 91.2 Å². The van der Waals surface area contributed by atoms with Crippen molar-refractivity contribution < 1.29 is 0 Å². The van der Waals surface area contributed by atoms with Crippen molar-refractivity contribution in [3.8, 4) is 0 Å². The normalized spacial score (nSPS) is 10.9. The fraction of sp³-hybridized carbons (Fsp3) is 0.200. The van der Waals surface area contributed by atoms with Crippen molar-refractivity contribution in [2.75, 3.05) is 0 Å². The number of hydrogen-bond donors (Lipinski definition) is 0. The van der Waals surface area contributed by atoms with Gasteiger partial charge in [-0.05, 0) is 27.8 Å². The molecule has 2 aromatic carbocycles. The second-order valence-electron chi connectivity index (χ2n) is 4.15. The zero-order chi connectivity index (χ0) is 10.8. The molecule has 0 heterocycles. The summed E-state index contributed by atoms with van der Waals surface area (Å²) in [5, 5.41) is 2.66. The average molecular weight is 196 g/mol. The van der Waals surface area contributed by atoms with Gasteiger partial charge in [0.05, 0.1) is 0 Å². The Morgan fingerprint density at radius 1 is 1.07 bits per heavy atom. The van der Waals surface area contributed by atoms with E-state index >= 15 is 0 Å². The lowest BCUT2D eigenvalue weighted by atomic mass is 9.93. The van der Waals surface area contributed by atoms with Gasteiger partial charge in [-0.25, -0.2) is 0 Å². The van der Waals surface area contributed by atoms with E-state index in [9.17, 15) is 0 Å². The number of hydrogen-bond acceptors (Lipinski definition) is 0. The van der Waals surface area contributed by atoms with Gasteiger partial charge in [0.1, 0.15) is 0 Å². The third kappa shape index (κ3) is 1.68. The molecule has 0 aliphatic carbocycles. The first-order valence-corrected chi connectivity index (χ1v) is 5.38. The van der Waals surface area contributed by atoms with Crippen molar-refractivity contribution in [2.24, 2.45) is 0 Å². The summed E-state index contributed by atoms with van der Waals surface area (Å²) in [5.41, 5.74) is 2.64. The summed E-state index contributed by atoms with van der Waals surface area (Å²) in [6.07, 6.45) is 1.94. The average Bonchev–Trinajstić information content (AvgIpc) is 2.27. The Balaban J connectivity index is 2.87. The van der Waals surface area contributed by atoms with Crippen LogP contribution in [0.3, 0.4) is 0 Å². The first kappa shape index (κ1) is 9.97. The fourth-order valence-corrected chi connectivity index (χ4v) is 2.05. The maximum Gasteiger partial charge on any atom is -0.00769 e. The maximum absolute atomic E-state index is 3.88. The van der Waals surface area contributed by atoms with Crippen LogP contribution in [-0.2, 0) is 0 Å². The highest BCUT2D eigenvalue weighted by Gasteiger charge is 2.06. The van der Waals surface area contributed by atoms with E-state index in [2.05, 4.69) is 56.8 Å². The van der Waals surface area contributed by atoms with E-state index < -0.39 is 0 Å². The minimum Gasteiger partial charge on any atom is -0.0984 e. The molecule has 76 valence electrons. The zero-order valence-corrected chi connectivity index (χ0v) is 9.33. The zero-order valence-electron chi connectivity index (χ0n) is 9.33. The summed E-state index contributed by atoms with van der Waals surface area (Å²) in [7, 11) is 0. The number of rotatable bonds is 2. The van der Waals surface area contributed by atoms with Crippen LogP contribution in [0.5, 0.6) is 0 Å². The van der Waals surface area contributed by atoms with Gasteiger partial charge in [-0.2, -0.15) is 0 Å². The van der Waals surface area contributed by atoms with E-state index in [4.69, 9.17) is 0 Å². The molecule has 2 rings (SSSR count). The van der Waals surface area contributed by atoms with Crippen molar-refractivity contribution in [1.82, 2.24) is 0 Å². The molecule has 0 N–H and O–H groups in total. The molecule has 0 saturated carbocycles. The monoisotopic (exact) mass is 196 g/mol. The standard InChI is InChI=1S/C15H16/c1-4-12-7-5-8-13-9-6-10-14(11(2)3)15(12)13/h4-11H,1H2,2-3H3. The van der Waals surface area contributed by atoms with Crippen LogP contribution < -0.4 is 0 Å². The minimum absolute atomic E-state index is 0.551. The van der Waals surface area contributed by atoms with Gasteiger partial charge in [-0.15, -0.1) is 0 Å². The molecule has 0 heteroatoms. The molecule has 0 aliphatic heterocycles. The predicted molar refractivity (Wildman–Crippen MR) is 68.1 cm³/mol. The second-order valence-corrected chi connectivity index (χ2v) is 4.15. The Morgan fingerprint density at radius 3 is 2.33 bits per heavy atom. The lowest BCUT2D eigenvalue weighted by molar-refractivity contribution is 0.876. The second kappa shape index (κ2) is 3.90. The first-order valence-electron chi connectivity index (χ1n) is 5.38. The fourth-order valence-electron chi connectivity index (χ4n) is 2.05. The largest absolute Gasteiger partial charge is 0.0984 e. The lowest BCUT2D eigenvalue weighted by Gasteiger charge is -2.12. The van der Waals surface area contributed by atoms with Crippen LogP contribution in [0.2, 0.25) is 0 Å². The molecular formula is C15H16. The van der Waals surface area contributed by atoms with E-state index in [1.54, 1.807) is 0 Å². The highest BCUT2D eigenvalue weighted by atomic mass is 14.1. The van der Waals surface area contributed by atoms with Gasteiger partial charge in [0.25, 0.3) is 0 Å². The van der Waals surface area contributed by atoms with Crippen molar-refractivity contribution >= 4 is 16.8 Å². The highest BCUT2D eigenvalue weighted by molar-refractivity contribution is 5.93. The lowest BCUT2D eigenvalue weighted by Crippen LogP contribution is -1.91. The quantitative estimate of drug-likeness (QED) is 0.658. The summed E-state index contributed by atoms with van der Waals surface area (Å²) in [6.45, 7) is 8.34. The first-order chi connectivity index (χ1) is 7.24. The van der Waals surface area contributed by atoms with E-state index in [-0.39, 0.29) is 0 Å². The molecule has 0 amide bonds. The summed E-state index contributed by atoms with van der Waals surface area (Å²) >= 11 is 0. The highest BCUT2D eigenvalue weighted by Crippen LogP contribution is 2.28. The van der Waals surface area contributed by atoms with E-state index in [0.717, 1.165) is 0 Å². The van der Waals surface area contributed by atoms with Crippen molar-refractivity contribution in [3.63, 3.8) is 0 Å². The molecule has 0 saturated heterocycles. The topological polar surface area (TPSA) is 0 Å². The maximum atomic E-state index is 3.88. The molecule has 15 heavy (non-hydrogen) atoms. The number of fused-ring (bicyclic) bond motifs is 1. The molecule has 0 bridgehead atoms. The molecule has 0 radical (unpaired) electrons. The molecule has 0 spiro atoms. The smallest absolute Gasteiger partial charge is 0.00769 e. The Bertz CT molecular complexity index is 487. The van der Waals surface area contributed by atoms with Crippen LogP contribution in [0.1, 0.15) is 30.9 Å². The summed E-state index contributed by atoms with van der Waals surface area (Å²) < 4.78 is 0. The summed E-state index contributed by atoms with van der Waals surface area (Å²) in [4.78, 5) is 0. The van der Waals surface area contributed by atoms with Gasteiger partial charge in [-0.3, -0.25) is 0 Å². The van der Waals surface area contributed by atoms with Crippen LogP contribution in [0, 0.1) is 0 Å². The predicted octanol–water partition coefficient (Wildman–Crippen LogP) is 4.61. The molecule has 0 aromatic heterocycles. The molecule has 0 unspecified atom stereocenters. The van der Waals surface area contributed by atoms with E-state index in [1.807, 2.05) is 6.08 Å². The minimum atomic E-state index is 0.551. The molecule has 2 aromatic rings. The third-order valence-electron chi connectivity index (χ3n) is 2.81. The molecule has 0 nitrogen and oxygen atoms in total. The molecule has 0 fully saturated rings. The van der Waals surface area contributed by atoms with Crippen LogP contribution in [-0.4, -0.2) is 0 Å². The Hall–Kier alpha value is -1.56. The van der Waals surface area contributed by atoms with Crippen molar-refractivity contribution in [1.29, 1.82) is 0 Å². The third-order valence-corrected chi connectivity index (χ3v) is 2.81. The van der Waals surface area contributed by atoms with Gasteiger partial charge in [-0.1, -0.05) is 62.9 Å². The van der Waals surface area contributed by atoms with Crippen LogP contribution in [0.4, 0.5) is 0 Å². The summed E-state index contributed by atoms with van der Waals surface area (Å²) in [6, 6.07) is 12.9. The Morgan fingerprint density at radius 2 is 1.73 bits per heavy atom. The summed E-state index contributed by atoms with van der Waals surface area (Å²) in [5.74, 6) is 0.551. The van der Waals surface area contributed by atoms with Crippen LogP contribution in [0.15, 0.2) is 43.0 Å². The van der Waals surface area contributed by atoms with Gasteiger partial charge < -0.3 is 0 Å². The van der Waals surface area contributed by atoms with Gasteiger partial charge in [0.2, 0.25) is 0 Å². The van der Waals surface area contributed by atoms with Gasteiger partial charge in [0, 0.05) is 0 Å². The van der Waals surface area contributed by atoms with E-state index in [1.165, 1.54) is 21.9 Å². The Kier molecular flexibility index (Phi) is 2.59. The number of benzene rings is 2. The molecule has 0 aliphatic rings.